The van der Waals surface area contributed by atoms with Crippen molar-refractivity contribution in [2.75, 3.05) is 0 Å². The molecule has 0 saturated carbocycles. The molecule has 0 fully saturated rings. The molecule has 0 N–H and O–H groups in total. The van der Waals surface area contributed by atoms with Crippen molar-refractivity contribution in [2.24, 2.45) is 0 Å². The third-order valence-corrected chi connectivity index (χ3v) is 3.62. The molecule has 0 unspecified atom stereocenters. The highest BCUT2D eigenvalue weighted by molar-refractivity contribution is 5.84. The normalized spacial score (nSPS) is 16.8. The molecule has 0 spiro atoms. The SMILES string of the molecule is CC/C(C)=C/C1=CCCC(C)=C1c1ccccc1. The van der Waals surface area contributed by atoms with Gasteiger partial charge in [0.2, 0.25) is 0 Å². The smallest absolute Gasteiger partial charge is 0.0125 e. The van der Waals surface area contributed by atoms with Crippen LogP contribution in [0.3, 0.4) is 0 Å². The van der Waals surface area contributed by atoms with Gasteiger partial charge >= 0.3 is 0 Å². The van der Waals surface area contributed by atoms with E-state index in [1.165, 1.54) is 40.7 Å². The van der Waals surface area contributed by atoms with E-state index in [4.69, 9.17) is 0 Å². The quantitative estimate of drug-likeness (QED) is 0.649. The Bertz CT molecular complexity index is 498. The number of rotatable bonds is 3. The van der Waals surface area contributed by atoms with Crippen LogP contribution >= 0.6 is 0 Å². The van der Waals surface area contributed by atoms with Gasteiger partial charge in [-0.2, -0.15) is 0 Å². The van der Waals surface area contributed by atoms with Crippen molar-refractivity contribution >= 4 is 5.57 Å². The molecule has 0 aliphatic heterocycles. The Morgan fingerprint density at radius 3 is 2.61 bits per heavy atom. The Morgan fingerprint density at radius 2 is 1.94 bits per heavy atom. The Labute approximate surface area is 111 Å². The Kier molecular flexibility index (Phi) is 4.19. The summed E-state index contributed by atoms with van der Waals surface area (Å²) in [7, 11) is 0. The molecule has 0 atom stereocenters. The summed E-state index contributed by atoms with van der Waals surface area (Å²) in [5.74, 6) is 0. The van der Waals surface area contributed by atoms with Gasteiger partial charge in [-0.1, -0.05) is 60.6 Å². The van der Waals surface area contributed by atoms with Gasteiger partial charge in [-0.3, -0.25) is 0 Å². The molecule has 0 heterocycles. The van der Waals surface area contributed by atoms with Crippen molar-refractivity contribution in [2.45, 2.75) is 40.0 Å². The lowest BCUT2D eigenvalue weighted by Gasteiger charge is -2.19. The first-order chi connectivity index (χ1) is 8.72. The third kappa shape index (κ3) is 2.81. The van der Waals surface area contributed by atoms with Crippen molar-refractivity contribution in [1.82, 2.24) is 0 Å². The minimum atomic E-state index is 1.12. The topological polar surface area (TPSA) is 0 Å². The molecule has 1 aromatic carbocycles. The van der Waals surface area contributed by atoms with Crippen molar-refractivity contribution in [3.8, 4) is 0 Å². The van der Waals surface area contributed by atoms with Crippen LogP contribution in [0.5, 0.6) is 0 Å². The lowest BCUT2D eigenvalue weighted by Crippen LogP contribution is -1.98. The van der Waals surface area contributed by atoms with Crippen LogP contribution in [0.4, 0.5) is 0 Å². The van der Waals surface area contributed by atoms with E-state index in [9.17, 15) is 0 Å². The van der Waals surface area contributed by atoms with Gasteiger partial charge in [0.05, 0.1) is 0 Å². The highest BCUT2D eigenvalue weighted by Crippen LogP contribution is 2.34. The van der Waals surface area contributed by atoms with E-state index < -0.39 is 0 Å². The molecule has 0 amide bonds. The third-order valence-electron chi connectivity index (χ3n) is 3.62. The fourth-order valence-electron chi connectivity index (χ4n) is 2.43. The maximum Gasteiger partial charge on any atom is -0.0125 e. The number of allylic oxidation sites excluding steroid dienone is 6. The molecule has 94 valence electrons. The van der Waals surface area contributed by atoms with Crippen LogP contribution in [-0.4, -0.2) is 0 Å². The summed E-state index contributed by atoms with van der Waals surface area (Å²) >= 11 is 0. The van der Waals surface area contributed by atoms with Gasteiger partial charge in [-0.15, -0.1) is 0 Å². The van der Waals surface area contributed by atoms with E-state index in [-0.39, 0.29) is 0 Å². The van der Waals surface area contributed by atoms with Gasteiger partial charge in [0.15, 0.2) is 0 Å². The largest absolute Gasteiger partial charge is 0.0763 e. The van der Waals surface area contributed by atoms with Gasteiger partial charge in [0, 0.05) is 0 Å². The van der Waals surface area contributed by atoms with Crippen LogP contribution in [0.2, 0.25) is 0 Å². The first-order valence-electron chi connectivity index (χ1n) is 6.85. The second-order valence-electron chi connectivity index (χ2n) is 5.06. The standard InChI is InChI=1S/C18H22/c1-4-14(2)13-17-12-8-9-15(3)18(17)16-10-6-5-7-11-16/h5-7,10-13H,4,8-9H2,1-3H3/b14-13+. The second-order valence-corrected chi connectivity index (χ2v) is 5.06. The Hall–Kier alpha value is -1.56. The van der Waals surface area contributed by atoms with Crippen molar-refractivity contribution in [3.05, 3.63) is 64.8 Å². The predicted octanol–water partition coefficient (Wildman–Crippen LogP) is 5.54. The average Bonchev–Trinajstić information content (AvgIpc) is 2.40. The van der Waals surface area contributed by atoms with E-state index >= 15 is 0 Å². The summed E-state index contributed by atoms with van der Waals surface area (Å²) in [5.41, 5.74) is 7.16. The fraction of sp³-hybridized carbons (Fsp3) is 0.333. The molecule has 18 heavy (non-hydrogen) atoms. The molecule has 0 radical (unpaired) electrons. The van der Waals surface area contributed by atoms with Crippen LogP contribution in [0.25, 0.3) is 5.57 Å². The monoisotopic (exact) mass is 238 g/mol. The molecule has 1 aliphatic carbocycles. The molecule has 2 rings (SSSR count). The van der Waals surface area contributed by atoms with E-state index in [1.807, 2.05) is 0 Å². The van der Waals surface area contributed by atoms with Crippen LogP contribution in [-0.2, 0) is 0 Å². The van der Waals surface area contributed by atoms with Crippen LogP contribution in [0, 0.1) is 0 Å². The minimum absolute atomic E-state index is 1.12. The van der Waals surface area contributed by atoms with Gasteiger partial charge in [0.25, 0.3) is 0 Å². The van der Waals surface area contributed by atoms with Crippen LogP contribution < -0.4 is 0 Å². The molecular weight excluding hydrogens is 216 g/mol. The summed E-state index contributed by atoms with van der Waals surface area (Å²) in [5, 5.41) is 0. The second kappa shape index (κ2) is 5.86. The van der Waals surface area contributed by atoms with E-state index in [1.54, 1.807) is 0 Å². The highest BCUT2D eigenvalue weighted by Gasteiger charge is 2.13. The van der Waals surface area contributed by atoms with Crippen LogP contribution in [0.15, 0.2) is 59.2 Å². The van der Waals surface area contributed by atoms with Crippen LogP contribution in [0.1, 0.15) is 45.6 Å². The van der Waals surface area contributed by atoms with Crippen molar-refractivity contribution in [3.63, 3.8) is 0 Å². The number of benzene rings is 1. The summed E-state index contributed by atoms with van der Waals surface area (Å²) in [6, 6.07) is 10.8. The first kappa shape index (κ1) is 12.9. The van der Waals surface area contributed by atoms with Gasteiger partial charge in [0.1, 0.15) is 0 Å². The fourth-order valence-corrected chi connectivity index (χ4v) is 2.43. The van der Waals surface area contributed by atoms with Crippen molar-refractivity contribution < 1.29 is 0 Å². The minimum Gasteiger partial charge on any atom is -0.0763 e. The molecule has 0 bridgehead atoms. The maximum atomic E-state index is 2.38. The summed E-state index contributed by atoms with van der Waals surface area (Å²) in [4.78, 5) is 0. The van der Waals surface area contributed by atoms with Gasteiger partial charge < -0.3 is 0 Å². The lowest BCUT2D eigenvalue weighted by molar-refractivity contribution is 0.957. The molecular formula is C18H22. The van der Waals surface area contributed by atoms with Gasteiger partial charge in [-0.25, -0.2) is 0 Å². The zero-order chi connectivity index (χ0) is 13.0. The van der Waals surface area contributed by atoms with E-state index in [0.29, 0.717) is 0 Å². The highest BCUT2D eigenvalue weighted by atomic mass is 14.2. The lowest BCUT2D eigenvalue weighted by atomic mass is 9.86. The molecule has 0 nitrogen and oxygen atoms in total. The Balaban J connectivity index is 2.44. The molecule has 1 aliphatic rings. The summed E-state index contributed by atoms with van der Waals surface area (Å²) in [6.07, 6.45) is 8.22. The molecule has 1 aromatic rings. The summed E-state index contributed by atoms with van der Waals surface area (Å²) < 4.78 is 0. The predicted molar refractivity (Wildman–Crippen MR) is 80.4 cm³/mol. The molecule has 0 aromatic heterocycles. The molecule has 0 heteroatoms. The maximum absolute atomic E-state index is 2.38. The first-order valence-corrected chi connectivity index (χ1v) is 6.85. The molecule has 0 saturated heterocycles. The Morgan fingerprint density at radius 1 is 1.22 bits per heavy atom. The van der Waals surface area contributed by atoms with E-state index in [0.717, 1.165) is 6.42 Å². The van der Waals surface area contributed by atoms with E-state index in [2.05, 4.69) is 63.3 Å². The zero-order valence-corrected chi connectivity index (χ0v) is 11.7. The van der Waals surface area contributed by atoms with Crippen molar-refractivity contribution in [1.29, 1.82) is 0 Å². The number of hydrogen-bond acceptors (Lipinski definition) is 0. The van der Waals surface area contributed by atoms with Gasteiger partial charge in [-0.05, 0) is 49.8 Å². The average molecular weight is 238 g/mol. The zero-order valence-electron chi connectivity index (χ0n) is 11.7. The summed E-state index contributed by atoms with van der Waals surface area (Å²) in [6.45, 7) is 6.70. The number of hydrogen-bond donors (Lipinski definition) is 0.